The average Bonchev–Trinajstić information content (AvgIpc) is 3.10. The molecule has 0 unspecified atom stereocenters. The number of hydrogen-bond acceptors (Lipinski definition) is 5. The Bertz CT molecular complexity index is 1170. The van der Waals surface area contributed by atoms with Crippen LogP contribution in [0.4, 0.5) is 0 Å². The van der Waals surface area contributed by atoms with Gasteiger partial charge in [0.25, 0.3) is 0 Å². The molecule has 0 aliphatic carbocycles. The highest BCUT2D eigenvalue weighted by Gasteiger charge is 2.21. The molecule has 132 valence electrons. The van der Waals surface area contributed by atoms with Gasteiger partial charge < -0.3 is 23.6 Å². The molecule has 0 amide bonds. The van der Waals surface area contributed by atoms with E-state index in [0.717, 1.165) is 16.5 Å². The summed E-state index contributed by atoms with van der Waals surface area (Å²) in [5.41, 5.74) is 1.93. The van der Waals surface area contributed by atoms with Gasteiger partial charge in [-0.05, 0) is 6.07 Å². The number of methoxy groups -OCH3 is 3. The number of rotatable bonds is 4. The van der Waals surface area contributed by atoms with E-state index in [1.807, 2.05) is 30.5 Å². The molecule has 4 rings (SSSR count). The van der Waals surface area contributed by atoms with Gasteiger partial charge in [-0.1, -0.05) is 18.2 Å². The SMILES string of the molecule is COc1cc2oc(-c3c[nH]c4ccccc34)cc(=O)c2c(OC)c1OC. The molecule has 26 heavy (non-hydrogen) atoms. The van der Waals surface area contributed by atoms with Gasteiger partial charge in [0.2, 0.25) is 5.75 Å². The van der Waals surface area contributed by atoms with Crippen molar-refractivity contribution in [1.82, 2.24) is 4.98 Å². The monoisotopic (exact) mass is 351 g/mol. The molecule has 0 saturated heterocycles. The summed E-state index contributed by atoms with van der Waals surface area (Å²) in [5, 5.41) is 1.29. The van der Waals surface area contributed by atoms with E-state index in [4.69, 9.17) is 18.6 Å². The standard InChI is InChI=1S/C20H17NO5/c1-23-17-9-16-18(20(25-3)19(17)24-2)14(22)8-15(26-16)12-10-21-13-7-5-4-6-11(12)13/h4-10,21H,1-3H3. The number of aromatic nitrogens is 1. The second-order valence-electron chi connectivity index (χ2n) is 5.74. The van der Waals surface area contributed by atoms with Gasteiger partial charge in [0, 0.05) is 34.8 Å². The lowest BCUT2D eigenvalue weighted by atomic mass is 10.1. The Kier molecular flexibility index (Phi) is 3.80. The van der Waals surface area contributed by atoms with Crippen molar-refractivity contribution in [2.45, 2.75) is 0 Å². The summed E-state index contributed by atoms with van der Waals surface area (Å²) in [4.78, 5) is 16.0. The number of fused-ring (bicyclic) bond motifs is 2. The van der Waals surface area contributed by atoms with E-state index < -0.39 is 0 Å². The molecular formula is C20H17NO5. The van der Waals surface area contributed by atoms with E-state index in [-0.39, 0.29) is 5.43 Å². The minimum Gasteiger partial charge on any atom is -0.493 e. The van der Waals surface area contributed by atoms with E-state index in [9.17, 15) is 4.79 Å². The third kappa shape index (κ3) is 2.30. The summed E-state index contributed by atoms with van der Waals surface area (Å²) in [7, 11) is 4.49. The zero-order valence-corrected chi connectivity index (χ0v) is 14.6. The molecule has 2 aromatic carbocycles. The van der Waals surface area contributed by atoms with Gasteiger partial charge in [-0.3, -0.25) is 4.79 Å². The number of aromatic amines is 1. The second-order valence-corrected chi connectivity index (χ2v) is 5.74. The summed E-state index contributed by atoms with van der Waals surface area (Å²) in [6.07, 6.45) is 1.83. The number of para-hydroxylation sites is 1. The van der Waals surface area contributed by atoms with Crippen LogP contribution < -0.4 is 19.6 Å². The van der Waals surface area contributed by atoms with Crippen molar-refractivity contribution in [2.24, 2.45) is 0 Å². The summed E-state index contributed by atoms with van der Waals surface area (Å²) in [6, 6.07) is 10.9. The summed E-state index contributed by atoms with van der Waals surface area (Å²) in [6.45, 7) is 0. The predicted octanol–water partition coefficient (Wildman–Crippen LogP) is 3.97. The van der Waals surface area contributed by atoms with Crippen molar-refractivity contribution in [3.8, 4) is 28.6 Å². The van der Waals surface area contributed by atoms with Crippen LogP contribution in [0.25, 0.3) is 33.2 Å². The van der Waals surface area contributed by atoms with Crippen molar-refractivity contribution in [3.05, 3.63) is 52.8 Å². The van der Waals surface area contributed by atoms with Crippen molar-refractivity contribution in [2.75, 3.05) is 21.3 Å². The van der Waals surface area contributed by atoms with E-state index in [2.05, 4.69) is 4.98 Å². The molecule has 0 spiro atoms. The lowest BCUT2D eigenvalue weighted by Crippen LogP contribution is -2.05. The predicted molar refractivity (Wildman–Crippen MR) is 99.4 cm³/mol. The highest BCUT2D eigenvalue weighted by atomic mass is 16.5. The van der Waals surface area contributed by atoms with Crippen molar-refractivity contribution >= 4 is 21.9 Å². The van der Waals surface area contributed by atoms with Gasteiger partial charge in [-0.15, -0.1) is 0 Å². The lowest BCUT2D eigenvalue weighted by molar-refractivity contribution is 0.326. The van der Waals surface area contributed by atoms with Crippen LogP contribution in [0, 0.1) is 0 Å². The molecule has 0 aliphatic heterocycles. The second kappa shape index (κ2) is 6.15. The van der Waals surface area contributed by atoms with Gasteiger partial charge >= 0.3 is 0 Å². The molecule has 0 fully saturated rings. The molecule has 0 saturated carbocycles. The quantitative estimate of drug-likeness (QED) is 0.602. The summed E-state index contributed by atoms with van der Waals surface area (Å²) >= 11 is 0. The molecule has 6 heteroatoms. The molecule has 6 nitrogen and oxygen atoms in total. The Hall–Kier alpha value is -3.41. The third-order valence-electron chi connectivity index (χ3n) is 4.38. The van der Waals surface area contributed by atoms with Crippen molar-refractivity contribution in [3.63, 3.8) is 0 Å². The van der Waals surface area contributed by atoms with Gasteiger partial charge in [-0.25, -0.2) is 0 Å². The van der Waals surface area contributed by atoms with E-state index >= 15 is 0 Å². The third-order valence-corrected chi connectivity index (χ3v) is 4.38. The lowest BCUT2D eigenvalue weighted by Gasteiger charge is -2.14. The van der Waals surface area contributed by atoms with Gasteiger partial charge in [0.1, 0.15) is 16.7 Å². The molecule has 0 radical (unpaired) electrons. The van der Waals surface area contributed by atoms with Crippen LogP contribution in [0.3, 0.4) is 0 Å². The number of ether oxygens (including phenoxy) is 3. The Morgan fingerprint density at radius 1 is 0.962 bits per heavy atom. The van der Waals surface area contributed by atoms with Crippen LogP contribution in [0.15, 0.2) is 51.8 Å². The van der Waals surface area contributed by atoms with E-state index in [1.54, 1.807) is 6.07 Å². The largest absolute Gasteiger partial charge is 0.493 e. The zero-order valence-electron chi connectivity index (χ0n) is 14.6. The first-order valence-corrected chi connectivity index (χ1v) is 8.01. The molecule has 1 N–H and O–H groups in total. The van der Waals surface area contributed by atoms with E-state index in [1.165, 1.54) is 27.4 Å². The number of hydrogen-bond donors (Lipinski definition) is 1. The minimum atomic E-state index is -0.218. The molecule has 0 aliphatic rings. The fraction of sp³-hybridized carbons (Fsp3) is 0.150. The number of nitrogens with one attached hydrogen (secondary N) is 1. The van der Waals surface area contributed by atoms with Crippen LogP contribution in [0.2, 0.25) is 0 Å². The van der Waals surface area contributed by atoms with Crippen LogP contribution in [0.1, 0.15) is 0 Å². The van der Waals surface area contributed by atoms with Crippen LogP contribution in [0.5, 0.6) is 17.2 Å². The minimum absolute atomic E-state index is 0.218. The molecule has 0 bridgehead atoms. The topological polar surface area (TPSA) is 73.7 Å². The molecule has 2 aromatic heterocycles. The highest BCUT2D eigenvalue weighted by Crippen LogP contribution is 2.43. The first kappa shape index (κ1) is 16.1. The van der Waals surface area contributed by atoms with Crippen LogP contribution in [-0.2, 0) is 0 Å². The van der Waals surface area contributed by atoms with Gasteiger partial charge in [-0.2, -0.15) is 0 Å². The molecule has 4 aromatic rings. The van der Waals surface area contributed by atoms with E-state index in [0.29, 0.717) is 34.0 Å². The first-order valence-electron chi connectivity index (χ1n) is 8.01. The fourth-order valence-corrected chi connectivity index (χ4v) is 3.19. The summed E-state index contributed by atoms with van der Waals surface area (Å²) < 4.78 is 22.1. The Morgan fingerprint density at radius 2 is 1.73 bits per heavy atom. The summed E-state index contributed by atoms with van der Waals surface area (Å²) in [5.74, 6) is 1.54. The average molecular weight is 351 g/mol. The Balaban J connectivity index is 2.04. The zero-order chi connectivity index (χ0) is 18.3. The maximum absolute atomic E-state index is 12.8. The van der Waals surface area contributed by atoms with Crippen LogP contribution >= 0.6 is 0 Å². The van der Waals surface area contributed by atoms with Gasteiger partial charge in [0.05, 0.1) is 21.3 Å². The number of benzene rings is 2. The Labute approximate surface area is 148 Å². The first-order chi connectivity index (χ1) is 12.7. The van der Waals surface area contributed by atoms with Crippen molar-refractivity contribution in [1.29, 1.82) is 0 Å². The number of H-pyrrole nitrogens is 1. The fourth-order valence-electron chi connectivity index (χ4n) is 3.19. The highest BCUT2D eigenvalue weighted by molar-refractivity contribution is 5.96. The van der Waals surface area contributed by atoms with Crippen molar-refractivity contribution < 1.29 is 18.6 Å². The molecule has 2 heterocycles. The van der Waals surface area contributed by atoms with Gasteiger partial charge in [0.15, 0.2) is 16.9 Å². The molecule has 0 atom stereocenters. The maximum atomic E-state index is 12.8. The normalized spacial score (nSPS) is 11.0. The maximum Gasteiger partial charge on any atom is 0.204 e. The Morgan fingerprint density at radius 3 is 2.46 bits per heavy atom. The molecular weight excluding hydrogens is 334 g/mol. The van der Waals surface area contributed by atoms with Crippen LogP contribution in [-0.4, -0.2) is 26.3 Å². The smallest absolute Gasteiger partial charge is 0.204 e.